The van der Waals surface area contributed by atoms with E-state index in [9.17, 15) is 8.78 Å². The third kappa shape index (κ3) is 1.60. The maximum atomic E-state index is 13.0. The second-order valence-corrected chi connectivity index (χ2v) is 4.10. The van der Waals surface area contributed by atoms with Gasteiger partial charge < -0.3 is 5.73 Å². The van der Waals surface area contributed by atoms with E-state index in [4.69, 9.17) is 5.73 Å². The molecule has 0 aliphatic heterocycles. The first-order valence-corrected chi connectivity index (χ1v) is 4.79. The lowest BCUT2D eigenvalue weighted by atomic mass is 10.1. The highest BCUT2D eigenvalue weighted by Gasteiger charge is 2.35. The van der Waals surface area contributed by atoms with Crippen molar-refractivity contribution in [1.82, 2.24) is 0 Å². The summed E-state index contributed by atoms with van der Waals surface area (Å²) in [4.78, 5) is 0. The Hall–Kier alpha value is -0.480. The van der Waals surface area contributed by atoms with E-state index >= 15 is 0 Å². The number of benzene rings is 1. The van der Waals surface area contributed by atoms with Crippen molar-refractivity contribution in [3.05, 3.63) is 33.8 Å². The van der Waals surface area contributed by atoms with E-state index in [1.807, 2.05) is 0 Å². The fraction of sp³-hybridized carbons (Fsp3) is 0.333. The molecular weight excluding hydrogens is 240 g/mol. The monoisotopic (exact) mass is 247 g/mol. The molecule has 1 aliphatic rings. The van der Waals surface area contributed by atoms with Crippen LogP contribution < -0.4 is 5.73 Å². The average Bonchev–Trinajstić information content (AvgIpc) is 2.77. The summed E-state index contributed by atoms with van der Waals surface area (Å²) in [5.74, 6) is -0.986. The summed E-state index contributed by atoms with van der Waals surface area (Å²) in [6.07, 6.45) is 0.820. The molecule has 0 spiro atoms. The van der Waals surface area contributed by atoms with E-state index in [0.717, 1.165) is 6.42 Å². The molecule has 0 amide bonds. The van der Waals surface area contributed by atoms with Gasteiger partial charge in [-0.05, 0) is 40.0 Å². The third-order valence-corrected chi connectivity index (χ3v) is 3.03. The predicted molar refractivity (Wildman–Crippen MR) is 49.4 cm³/mol. The summed E-state index contributed by atoms with van der Waals surface area (Å²) in [6, 6.07) is 2.75. The molecule has 0 heterocycles. The molecule has 0 radical (unpaired) electrons. The molecule has 2 N–H and O–H groups in total. The molecule has 1 nitrogen and oxygen atoms in total. The summed E-state index contributed by atoms with van der Waals surface area (Å²) in [7, 11) is 0. The van der Waals surface area contributed by atoms with Gasteiger partial charge in [-0.15, -0.1) is 0 Å². The van der Waals surface area contributed by atoms with E-state index in [0.29, 0.717) is 5.56 Å². The number of rotatable bonds is 1. The van der Waals surface area contributed by atoms with Crippen molar-refractivity contribution in [1.29, 1.82) is 0 Å². The van der Waals surface area contributed by atoms with Gasteiger partial charge in [0, 0.05) is 12.0 Å². The minimum absolute atomic E-state index is 0.0694. The van der Waals surface area contributed by atoms with Crippen LogP contribution in [0.2, 0.25) is 0 Å². The Labute approximate surface area is 83.1 Å². The molecule has 0 aromatic heterocycles. The molecule has 1 saturated carbocycles. The van der Waals surface area contributed by atoms with Gasteiger partial charge in [0.2, 0.25) is 0 Å². The van der Waals surface area contributed by atoms with Crippen molar-refractivity contribution in [3.63, 3.8) is 0 Å². The van der Waals surface area contributed by atoms with Gasteiger partial charge in [-0.2, -0.15) is 0 Å². The minimum Gasteiger partial charge on any atom is -0.327 e. The third-order valence-electron chi connectivity index (χ3n) is 2.27. The Morgan fingerprint density at radius 3 is 2.15 bits per heavy atom. The van der Waals surface area contributed by atoms with Crippen LogP contribution in [0.25, 0.3) is 0 Å². The molecule has 1 aliphatic carbocycles. The van der Waals surface area contributed by atoms with Crippen molar-refractivity contribution in [2.24, 2.45) is 5.73 Å². The molecule has 13 heavy (non-hydrogen) atoms. The van der Waals surface area contributed by atoms with Crippen LogP contribution in [0.4, 0.5) is 8.78 Å². The van der Waals surface area contributed by atoms with E-state index in [1.54, 1.807) is 0 Å². The molecule has 70 valence electrons. The molecule has 2 rings (SSSR count). The van der Waals surface area contributed by atoms with Crippen LogP contribution >= 0.6 is 15.9 Å². The Bertz CT molecular complexity index is 330. The Kier molecular flexibility index (Phi) is 2.12. The van der Waals surface area contributed by atoms with Crippen LogP contribution in [-0.4, -0.2) is 6.04 Å². The van der Waals surface area contributed by atoms with Gasteiger partial charge in [0.1, 0.15) is 11.6 Å². The van der Waals surface area contributed by atoms with E-state index in [2.05, 4.69) is 15.9 Å². The predicted octanol–water partition coefficient (Wildman–Crippen LogP) is 2.54. The largest absolute Gasteiger partial charge is 0.327 e. The second kappa shape index (κ2) is 3.03. The second-order valence-electron chi connectivity index (χ2n) is 3.30. The highest BCUT2D eigenvalue weighted by atomic mass is 79.9. The van der Waals surface area contributed by atoms with Crippen LogP contribution in [0, 0.1) is 11.6 Å². The highest BCUT2D eigenvalue weighted by molar-refractivity contribution is 9.10. The molecule has 4 heteroatoms. The topological polar surface area (TPSA) is 26.0 Å². The lowest BCUT2D eigenvalue weighted by molar-refractivity contribution is 0.568. The van der Waals surface area contributed by atoms with E-state index in [1.165, 1.54) is 12.1 Å². The maximum Gasteiger partial charge on any atom is 0.140 e. The molecule has 0 bridgehead atoms. The zero-order valence-corrected chi connectivity index (χ0v) is 8.31. The minimum atomic E-state index is -0.561. The lowest BCUT2D eigenvalue weighted by Gasteiger charge is -2.02. The van der Waals surface area contributed by atoms with Gasteiger partial charge in [0.05, 0.1) is 4.47 Å². The first-order chi connectivity index (χ1) is 6.09. The molecule has 1 fully saturated rings. The van der Waals surface area contributed by atoms with Crippen molar-refractivity contribution in [2.75, 3.05) is 0 Å². The van der Waals surface area contributed by atoms with Gasteiger partial charge in [0.25, 0.3) is 0 Å². The first-order valence-electron chi connectivity index (χ1n) is 3.99. The van der Waals surface area contributed by atoms with Gasteiger partial charge >= 0.3 is 0 Å². The average molecular weight is 248 g/mol. The maximum absolute atomic E-state index is 13.0. The van der Waals surface area contributed by atoms with E-state index in [-0.39, 0.29) is 16.4 Å². The van der Waals surface area contributed by atoms with Gasteiger partial charge in [-0.25, -0.2) is 8.78 Å². The fourth-order valence-electron chi connectivity index (χ4n) is 1.39. The Morgan fingerprint density at radius 2 is 1.77 bits per heavy atom. The first kappa shape index (κ1) is 9.09. The van der Waals surface area contributed by atoms with Gasteiger partial charge in [-0.3, -0.25) is 0 Å². The molecule has 1 aromatic rings. The fourth-order valence-corrected chi connectivity index (χ4v) is 1.62. The van der Waals surface area contributed by atoms with Gasteiger partial charge in [-0.1, -0.05) is 0 Å². The van der Waals surface area contributed by atoms with Crippen LogP contribution in [-0.2, 0) is 0 Å². The molecule has 2 atom stereocenters. The standard InChI is InChI=1S/C9H8BrF2N/c10-9-6(11)1-4(2-7(9)12)5-3-8(5)13/h1-2,5,8H,3,13H2/t5-,8+/m0/s1. The summed E-state index contributed by atoms with van der Waals surface area (Å²) in [5, 5.41) is 0. The highest BCUT2D eigenvalue weighted by Crippen LogP contribution is 2.40. The number of halogens is 3. The van der Waals surface area contributed by atoms with Crippen LogP contribution in [0.5, 0.6) is 0 Å². The summed E-state index contributed by atoms with van der Waals surface area (Å²) < 4.78 is 25.9. The number of nitrogens with two attached hydrogens (primary N) is 1. The van der Waals surface area contributed by atoms with Crippen molar-refractivity contribution >= 4 is 15.9 Å². The molecule has 0 unspecified atom stereocenters. The SMILES string of the molecule is N[C@@H]1C[C@H]1c1cc(F)c(Br)c(F)c1. The quantitative estimate of drug-likeness (QED) is 0.759. The van der Waals surface area contributed by atoms with Crippen LogP contribution in [0.3, 0.4) is 0 Å². The smallest absolute Gasteiger partial charge is 0.140 e. The van der Waals surface area contributed by atoms with Crippen molar-refractivity contribution in [3.8, 4) is 0 Å². The summed E-state index contributed by atoms with van der Waals surface area (Å²) in [6.45, 7) is 0. The zero-order valence-electron chi connectivity index (χ0n) is 6.73. The number of hydrogen-bond donors (Lipinski definition) is 1. The molecular formula is C9H8BrF2N. The summed E-state index contributed by atoms with van der Waals surface area (Å²) >= 11 is 2.82. The van der Waals surface area contributed by atoms with Crippen LogP contribution in [0.15, 0.2) is 16.6 Å². The Morgan fingerprint density at radius 1 is 1.31 bits per heavy atom. The normalized spacial score (nSPS) is 26.2. The summed E-state index contributed by atoms with van der Waals surface area (Å²) in [5.41, 5.74) is 6.24. The molecule has 1 aromatic carbocycles. The van der Waals surface area contributed by atoms with Crippen LogP contribution in [0.1, 0.15) is 17.9 Å². The lowest BCUT2D eigenvalue weighted by Crippen LogP contribution is -2.01. The van der Waals surface area contributed by atoms with E-state index < -0.39 is 11.6 Å². The molecule has 0 saturated heterocycles. The van der Waals surface area contributed by atoms with Crippen molar-refractivity contribution in [2.45, 2.75) is 18.4 Å². The van der Waals surface area contributed by atoms with Gasteiger partial charge in [0.15, 0.2) is 0 Å². The number of hydrogen-bond acceptors (Lipinski definition) is 1. The zero-order chi connectivity index (χ0) is 9.59. The Balaban J connectivity index is 2.39. The van der Waals surface area contributed by atoms with Crippen molar-refractivity contribution < 1.29 is 8.78 Å².